The average Bonchev–Trinajstić information content (AvgIpc) is 3.08. The Bertz CT molecular complexity index is 757. The van der Waals surface area contributed by atoms with Gasteiger partial charge < -0.3 is 18.9 Å². The number of para-hydroxylation sites is 1. The molecular weight excluding hydrogens is 320 g/mol. The normalized spacial score (nSPS) is 16.3. The summed E-state index contributed by atoms with van der Waals surface area (Å²) in [5.41, 5.74) is 1.00. The minimum Gasteiger partial charge on any atom is -0.493 e. The highest BCUT2D eigenvalue weighted by Gasteiger charge is 2.30. The maximum Gasteiger partial charge on any atom is 0.229 e. The van der Waals surface area contributed by atoms with E-state index in [1.165, 1.54) is 0 Å². The van der Waals surface area contributed by atoms with Crippen molar-refractivity contribution >= 4 is 5.91 Å². The molecule has 0 fully saturated rings. The first kappa shape index (κ1) is 17.3. The number of nitrogens with zero attached hydrogens (tertiary/aromatic N) is 4. The van der Waals surface area contributed by atoms with Crippen LogP contribution in [0.25, 0.3) is 0 Å². The number of fused-ring (bicyclic) bond motifs is 1. The standard InChI is InChI=1S/C18H24N4O3/c1-12(2)22-11-19-20-16(22)9-21(3)18(23)14-8-13-6-5-7-15(24-4)17(13)25-10-14/h5-7,11-12,14H,8-10H2,1-4H3/t14-/m1/s1. The summed E-state index contributed by atoms with van der Waals surface area (Å²) in [6.07, 6.45) is 2.34. The molecule has 1 aliphatic heterocycles. The van der Waals surface area contributed by atoms with Gasteiger partial charge in [0.05, 0.1) is 19.6 Å². The van der Waals surface area contributed by atoms with Gasteiger partial charge in [-0.25, -0.2) is 0 Å². The molecule has 1 aromatic heterocycles. The van der Waals surface area contributed by atoms with Crippen LogP contribution in [-0.4, -0.2) is 46.3 Å². The van der Waals surface area contributed by atoms with Gasteiger partial charge in [-0.2, -0.15) is 0 Å². The molecule has 0 radical (unpaired) electrons. The molecule has 1 amide bonds. The Balaban J connectivity index is 1.70. The van der Waals surface area contributed by atoms with Gasteiger partial charge in [0.2, 0.25) is 5.91 Å². The maximum absolute atomic E-state index is 12.8. The van der Waals surface area contributed by atoms with Crippen LogP contribution in [-0.2, 0) is 17.8 Å². The minimum atomic E-state index is -0.208. The number of aromatic nitrogens is 3. The molecule has 0 aliphatic carbocycles. The quantitative estimate of drug-likeness (QED) is 0.830. The Morgan fingerprint density at radius 1 is 1.48 bits per heavy atom. The highest BCUT2D eigenvalue weighted by Crippen LogP contribution is 2.36. The van der Waals surface area contributed by atoms with Crippen molar-refractivity contribution in [2.75, 3.05) is 20.8 Å². The van der Waals surface area contributed by atoms with E-state index in [2.05, 4.69) is 24.0 Å². The smallest absolute Gasteiger partial charge is 0.229 e. The van der Waals surface area contributed by atoms with Crippen LogP contribution in [0.5, 0.6) is 11.5 Å². The molecule has 2 aromatic rings. The predicted octanol–water partition coefficient (Wildman–Crippen LogP) is 2.08. The molecule has 1 atom stereocenters. The second-order valence-corrected chi connectivity index (χ2v) is 6.60. The topological polar surface area (TPSA) is 69.5 Å². The van der Waals surface area contributed by atoms with Crippen molar-refractivity contribution in [3.05, 3.63) is 35.9 Å². The molecule has 134 valence electrons. The van der Waals surface area contributed by atoms with Crippen molar-refractivity contribution in [1.29, 1.82) is 0 Å². The lowest BCUT2D eigenvalue weighted by molar-refractivity contribution is -0.136. The first-order chi connectivity index (χ1) is 12.0. The summed E-state index contributed by atoms with van der Waals surface area (Å²) in [5.74, 6) is 2.08. The van der Waals surface area contributed by atoms with Gasteiger partial charge in [-0.1, -0.05) is 12.1 Å². The molecule has 3 rings (SSSR count). The predicted molar refractivity (Wildman–Crippen MR) is 92.6 cm³/mol. The van der Waals surface area contributed by atoms with E-state index in [0.29, 0.717) is 25.3 Å². The van der Waals surface area contributed by atoms with Crippen LogP contribution >= 0.6 is 0 Å². The summed E-state index contributed by atoms with van der Waals surface area (Å²) < 4.78 is 13.1. The van der Waals surface area contributed by atoms with Crippen LogP contribution in [0, 0.1) is 5.92 Å². The Labute approximate surface area is 147 Å². The molecule has 1 aliphatic rings. The summed E-state index contributed by atoms with van der Waals surface area (Å²) in [4.78, 5) is 14.5. The highest BCUT2D eigenvalue weighted by atomic mass is 16.5. The van der Waals surface area contributed by atoms with Crippen molar-refractivity contribution in [2.45, 2.75) is 32.9 Å². The molecular formula is C18H24N4O3. The lowest BCUT2D eigenvalue weighted by Gasteiger charge is -2.29. The molecule has 7 nitrogen and oxygen atoms in total. The zero-order chi connectivity index (χ0) is 18.0. The first-order valence-electron chi connectivity index (χ1n) is 8.43. The van der Waals surface area contributed by atoms with Crippen LogP contribution in [0.4, 0.5) is 0 Å². The SMILES string of the molecule is COc1cccc2c1OC[C@H](C(=O)N(C)Cc1nncn1C(C)C)C2. The molecule has 0 saturated heterocycles. The zero-order valence-corrected chi connectivity index (χ0v) is 15.1. The summed E-state index contributed by atoms with van der Waals surface area (Å²) in [7, 11) is 3.41. The first-order valence-corrected chi connectivity index (χ1v) is 8.43. The van der Waals surface area contributed by atoms with Gasteiger partial charge in [0.25, 0.3) is 0 Å². The number of amides is 1. The third kappa shape index (κ3) is 3.45. The Morgan fingerprint density at radius 2 is 2.28 bits per heavy atom. The summed E-state index contributed by atoms with van der Waals surface area (Å²) in [5, 5.41) is 8.09. The van der Waals surface area contributed by atoms with Crippen molar-refractivity contribution in [3.63, 3.8) is 0 Å². The van der Waals surface area contributed by atoms with E-state index < -0.39 is 0 Å². The van der Waals surface area contributed by atoms with E-state index in [-0.39, 0.29) is 17.9 Å². The number of hydrogen-bond acceptors (Lipinski definition) is 5. The van der Waals surface area contributed by atoms with E-state index in [9.17, 15) is 4.79 Å². The third-order valence-corrected chi connectivity index (χ3v) is 4.48. The van der Waals surface area contributed by atoms with Gasteiger partial charge in [0.15, 0.2) is 17.3 Å². The van der Waals surface area contributed by atoms with Crippen LogP contribution in [0.1, 0.15) is 31.3 Å². The van der Waals surface area contributed by atoms with Crippen LogP contribution in [0.3, 0.4) is 0 Å². The molecule has 2 heterocycles. The minimum absolute atomic E-state index is 0.0479. The second-order valence-electron chi connectivity index (χ2n) is 6.60. The van der Waals surface area contributed by atoms with Gasteiger partial charge in [-0.3, -0.25) is 4.79 Å². The van der Waals surface area contributed by atoms with Gasteiger partial charge >= 0.3 is 0 Å². The van der Waals surface area contributed by atoms with Gasteiger partial charge in [-0.05, 0) is 31.9 Å². The lowest BCUT2D eigenvalue weighted by Crippen LogP contribution is -2.38. The van der Waals surface area contributed by atoms with E-state index in [1.54, 1.807) is 25.4 Å². The van der Waals surface area contributed by atoms with Crippen molar-refractivity contribution in [3.8, 4) is 11.5 Å². The monoisotopic (exact) mass is 344 g/mol. The summed E-state index contributed by atoms with van der Waals surface area (Å²) in [6.45, 7) is 4.91. The summed E-state index contributed by atoms with van der Waals surface area (Å²) >= 11 is 0. The number of hydrogen-bond donors (Lipinski definition) is 0. The molecule has 1 aromatic carbocycles. The molecule has 0 saturated carbocycles. The molecule has 7 heteroatoms. The van der Waals surface area contributed by atoms with E-state index >= 15 is 0 Å². The zero-order valence-electron chi connectivity index (χ0n) is 15.1. The molecule has 25 heavy (non-hydrogen) atoms. The molecule has 0 spiro atoms. The largest absolute Gasteiger partial charge is 0.493 e. The number of ether oxygens (including phenoxy) is 2. The van der Waals surface area contributed by atoms with Crippen LogP contribution in [0.15, 0.2) is 24.5 Å². The lowest BCUT2D eigenvalue weighted by atomic mass is 9.95. The van der Waals surface area contributed by atoms with E-state index in [1.807, 2.05) is 22.8 Å². The number of benzene rings is 1. The molecule has 0 N–H and O–H groups in total. The van der Waals surface area contributed by atoms with Crippen molar-refractivity contribution < 1.29 is 14.3 Å². The second kappa shape index (κ2) is 7.13. The number of methoxy groups -OCH3 is 1. The van der Waals surface area contributed by atoms with E-state index in [0.717, 1.165) is 17.1 Å². The highest BCUT2D eigenvalue weighted by molar-refractivity contribution is 5.79. The van der Waals surface area contributed by atoms with Gasteiger partial charge in [0, 0.05) is 13.1 Å². The molecule has 0 bridgehead atoms. The fourth-order valence-corrected chi connectivity index (χ4v) is 3.13. The third-order valence-electron chi connectivity index (χ3n) is 4.48. The maximum atomic E-state index is 12.8. The number of carbonyl (C=O) groups excluding carboxylic acids is 1. The summed E-state index contributed by atoms with van der Waals surface area (Å²) in [6, 6.07) is 6.02. The van der Waals surface area contributed by atoms with Crippen LogP contribution < -0.4 is 9.47 Å². The Kier molecular flexibility index (Phi) is 4.92. The fourth-order valence-electron chi connectivity index (χ4n) is 3.13. The van der Waals surface area contributed by atoms with Crippen LogP contribution in [0.2, 0.25) is 0 Å². The van der Waals surface area contributed by atoms with Gasteiger partial charge in [0.1, 0.15) is 12.9 Å². The van der Waals surface area contributed by atoms with Crippen molar-refractivity contribution in [2.24, 2.45) is 5.92 Å². The van der Waals surface area contributed by atoms with E-state index in [4.69, 9.17) is 9.47 Å². The molecule has 0 unspecified atom stereocenters. The van der Waals surface area contributed by atoms with Crippen molar-refractivity contribution in [1.82, 2.24) is 19.7 Å². The average molecular weight is 344 g/mol. The Hall–Kier alpha value is -2.57. The number of carbonyl (C=O) groups is 1. The number of rotatable bonds is 5. The fraction of sp³-hybridized carbons (Fsp3) is 0.500. The Morgan fingerprint density at radius 3 is 3.00 bits per heavy atom. The van der Waals surface area contributed by atoms with Gasteiger partial charge in [-0.15, -0.1) is 10.2 Å².